The van der Waals surface area contributed by atoms with E-state index >= 15 is 0 Å². The Kier molecular flexibility index (Phi) is 2.73. The average molecular weight is 204 g/mol. The third kappa shape index (κ3) is 1.75. The number of hydrogen-bond donors (Lipinski definition) is 1. The summed E-state index contributed by atoms with van der Waals surface area (Å²) in [5.41, 5.74) is 8.08. The predicted molar refractivity (Wildman–Crippen MR) is 60.8 cm³/mol. The summed E-state index contributed by atoms with van der Waals surface area (Å²) in [6.07, 6.45) is 1.63. The average Bonchev–Trinajstić information content (AvgIpc) is 2.38. The molecule has 1 amide bonds. The Morgan fingerprint density at radius 3 is 2.93 bits per heavy atom. The van der Waals surface area contributed by atoms with Gasteiger partial charge in [0.15, 0.2) is 0 Å². The first-order valence-corrected chi connectivity index (χ1v) is 5.39. The molecule has 2 rings (SSSR count). The Labute approximate surface area is 89.9 Å². The second kappa shape index (κ2) is 4.03. The molecule has 3 nitrogen and oxygen atoms in total. The molecule has 0 saturated heterocycles. The van der Waals surface area contributed by atoms with Crippen LogP contribution in [-0.4, -0.2) is 18.5 Å². The van der Waals surface area contributed by atoms with Gasteiger partial charge in [0, 0.05) is 12.2 Å². The van der Waals surface area contributed by atoms with E-state index in [1.165, 1.54) is 5.56 Å². The molecule has 0 saturated carbocycles. The zero-order valence-electron chi connectivity index (χ0n) is 8.94. The van der Waals surface area contributed by atoms with Crippen molar-refractivity contribution in [1.82, 2.24) is 0 Å². The van der Waals surface area contributed by atoms with E-state index in [4.69, 9.17) is 5.73 Å². The molecule has 80 valence electrons. The van der Waals surface area contributed by atoms with Crippen LogP contribution >= 0.6 is 0 Å². The quantitative estimate of drug-likeness (QED) is 0.749. The Morgan fingerprint density at radius 2 is 2.20 bits per heavy atom. The number of anilines is 1. The number of carbonyl (C=O) groups excluding carboxylic acids is 1. The zero-order valence-corrected chi connectivity index (χ0v) is 8.94. The van der Waals surface area contributed by atoms with Gasteiger partial charge in [0.2, 0.25) is 5.91 Å². The van der Waals surface area contributed by atoms with Gasteiger partial charge < -0.3 is 10.6 Å². The fraction of sp³-hybridized carbons (Fsp3) is 0.417. The van der Waals surface area contributed by atoms with Crippen molar-refractivity contribution in [2.24, 2.45) is 5.73 Å². The standard InChI is InChI=1S/C12H16N2O/c1-2-14-11-6-4-3-5-9(11)7-8-10(13)12(14)15/h3-6,10H,2,7-8,13H2,1H3. The van der Waals surface area contributed by atoms with E-state index in [1.807, 2.05) is 25.1 Å². The van der Waals surface area contributed by atoms with E-state index in [1.54, 1.807) is 4.90 Å². The van der Waals surface area contributed by atoms with Gasteiger partial charge >= 0.3 is 0 Å². The SMILES string of the molecule is CCN1C(=O)C(N)CCc2ccccc21. The summed E-state index contributed by atoms with van der Waals surface area (Å²) in [7, 11) is 0. The molecule has 3 heteroatoms. The molecule has 0 aliphatic carbocycles. The van der Waals surface area contributed by atoms with Crippen molar-refractivity contribution in [3.8, 4) is 0 Å². The number of aryl methyl sites for hydroxylation is 1. The van der Waals surface area contributed by atoms with Gasteiger partial charge in [-0.1, -0.05) is 18.2 Å². The largest absolute Gasteiger partial charge is 0.320 e. The molecule has 1 aliphatic rings. The highest BCUT2D eigenvalue weighted by Gasteiger charge is 2.26. The summed E-state index contributed by atoms with van der Waals surface area (Å²) in [6, 6.07) is 7.69. The molecule has 0 bridgehead atoms. The highest BCUT2D eigenvalue weighted by Crippen LogP contribution is 2.25. The van der Waals surface area contributed by atoms with Crippen molar-refractivity contribution >= 4 is 11.6 Å². The molecule has 1 heterocycles. The summed E-state index contributed by atoms with van der Waals surface area (Å²) in [6.45, 7) is 2.66. The molecule has 0 aromatic heterocycles. The lowest BCUT2D eigenvalue weighted by molar-refractivity contribution is -0.119. The van der Waals surface area contributed by atoms with Gasteiger partial charge in [-0.05, 0) is 31.4 Å². The highest BCUT2D eigenvalue weighted by atomic mass is 16.2. The number of carbonyl (C=O) groups is 1. The minimum atomic E-state index is -0.350. The molecular weight excluding hydrogens is 188 g/mol. The Morgan fingerprint density at radius 1 is 1.47 bits per heavy atom. The van der Waals surface area contributed by atoms with Gasteiger partial charge in [0.05, 0.1) is 6.04 Å². The van der Waals surface area contributed by atoms with E-state index in [9.17, 15) is 4.79 Å². The lowest BCUT2D eigenvalue weighted by Gasteiger charge is -2.22. The molecule has 1 aromatic carbocycles. The second-order valence-corrected chi connectivity index (χ2v) is 3.86. The molecular formula is C12H16N2O. The molecule has 15 heavy (non-hydrogen) atoms. The molecule has 0 radical (unpaired) electrons. The van der Waals surface area contributed by atoms with E-state index in [0.29, 0.717) is 6.54 Å². The zero-order chi connectivity index (χ0) is 10.8. The van der Waals surface area contributed by atoms with Crippen molar-refractivity contribution in [2.45, 2.75) is 25.8 Å². The van der Waals surface area contributed by atoms with Crippen LogP contribution in [0.25, 0.3) is 0 Å². The number of para-hydroxylation sites is 1. The fourth-order valence-corrected chi connectivity index (χ4v) is 2.07. The van der Waals surface area contributed by atoms with Crippen LogP contribution in [0.2, 0.25) is 0 Å². The number of rotatable bonds is 1. The van der Waals surface area contributed by atoms with Crippen molar-refractivity contribution < 1.29 is 4.79 Å². The first-order valence-electron chi connectivity index (χ1n) is 5.39. The second-order valence-electron chi connectivity index (χ2n) is 3.86. The first kappa shape index (κ1) is 10.2. The summed E-state index contributed by atoms with van der Waals surface area (Å²) < 4.78 is 0. The number of hydrogen-bond acceptors (Lipinski definition) is 2. The minimum Gasteiger partial charge on any atom is -0.320 e. The number of likely N-dealkylation sites (N-methyl/N-ethyl adjacent to an activating group) is 1. The third-order valence-corrected chi connectivity index (χ3v) is 2.91. The lowest BCUT2D eigenvalue weighted by Crippen LogP contribution is -2.42. The van der Waals surface area contributed by atoms with Crippen LogP contribution in [0.1, 0.15) is 18.9 Å². The van der Waals surface area contributed by atoms with E-state index in [-0.39, 0.29) is 11.9 Å². The summed E-state index contributed by atoms with van der Waals surface area (Å²) in [5.74, 6) is 0.0439. The van der Waals surface area contributed by atoms with E-state index in [0.717, 1.165) is 18.5 Å². The molecule has 0 fully saturated rings. The van der Waals surface area contributed by atoms with E-state index < -0.39 is 0 Å². The number of nitrogens with zero attached hydrogens (tertiary/aromatic N) is 1. The summed E-state index contributed by atoms with van der Waals surface area (Å²) >= 11 is 0. The van der Waals surface area contributed by atoms with Crippen molar-refractivity contribution in [3.63, 3.8) is 0 Å². The predicted octanol–water partition coefficient (Wildman–Crippen LogP) is 1.31. The van der Waals surface area contributed by atoms with Crippen molar-refractivity contribution in [2.75, 3.05) is 11.4 Å². The van der Waals surface area contributed by atoms with Crippen molar-refractivity contribution in [3.05, 3.63) is 29.8 Å². The van der Waals surface area contributed by atoms with Crippen LogP contribution < -0.4 is 10.6 Å². The van der Waals surface area contributed by atoms with Gasteiger partial charge in [-0.15, -0.1) is 0 Å². The van der Waals surface area contributed by atoms with Gasteiger partial charge in [0.1, 0.15) is 0 Å². The van der Waals surface area contributed by atoms with E-state index in [2.05, 4.69) is 6.07 Å². The first-order chi connectivity index (χ1) is 7.24. The molecule has 1 unspecified atom stereocenters. The summed E-state index contributed by atoms with van der Waals surface area (Å²) in [5, 5.41) is 0. The third-order valence-electron chi connectivity index (χ3n) is 2.91. The van der Waals surface area contributed by atoms with Gasteiger partial charge in [0.25, 0.3) is 0 Å². The maximum atomic E-state index is 11.9. The summed E-state index contributed by atoms with van der Waals surface area (Å²) in [4.78, 5) is 13.7. The maximum Gasteiger partial charge on any atom is 0.243 e. The number of amides is 1. The minimum absolute atomic E-state index is 0.0439. The Bertz CT molecular complexity index is 376. The van der Waals surface area contributed by atoms with Gasteiger partial charge in [-0.2, -0.15) is 0 Å². The Hall–Kier alpha value is -1.35. The van der Waals surface area contributed by atoms with Crippen LogP contribution in [0.5, 0.6) is 0 Å². The molecule has 1 aliphatic heterocycles. The molecule has 0 spiro atoms. The van der Waals surface area contributed by atoms with Crippen LogP contribution in [0.4, 0.5) is 5.69 Å². The lowest BCUT2D eigenvalue weighted by atomic mass is 10.1. The van der Waals surface area contributed by atoms with Crippen LogP contribution in [0, 0.1) is 0 Å². The van der Waals surface area contributed by atoms with Crippen LogP contribution in [-0.2, 0) is 11.2 Å². The number of benzene rings is 1. The van der Waals surface area contributed by atoms with Gasteiger partial charge in [-0.3, -0.25) is 4.79 Å². The van der Waals surface area contributed by atoms with Crippen LogP contribution in [0.15, 0.2) is 24.3 Å². The highest BCUT2D eigenvalue weighted by molar-refractivity contribution is 5.98. The monoisotopic (exact) mass is 204 g/mol. The van der Waals surface area contributed by atoms with Crippen molar-refractivity contribution in [1.29, 1.82) is 0 Å². The topological polar surface area (TPSA) is 46.3 Å². The maximum absolute atomic E-state index is 11.9. The molecule has 1 atom stereocenters. The number of nitrogens with two attached hydrogens (primary N) is 1. The van der Waals surface area contributed by atoms with Gasteiger partial charge in [-0.25, -0.2) is 0 Å². The Balaban J connectivity index is 2.45. The molecule has 2 N–H and O–H groups in total. The molecule has 1 aromatic rings. The number of fused-ring (bicyclic) bond motifs is 1. The van der Waals surface area contributed by atoms with Crippen LogP contribution in [0.3, 0.4) is 0 Å². The fourth-order valence-electron chi connectivity index (χ4n) is 2.07. The normalized spacial score (nSPS) is 21.1. The smallest absolute Gasteiger partial charge is 0.243 e.